The highest BCUT2D eigenvalue weighted by Gasteiger charge is 2.20. The van der Waals surface area contributed by atoms with Gasteiger partial charge in [-0.3, -0.25) is 0 Å². The first-order valence-corrected chi connectivity index (χ1v) is 37.4. The average Bonchev–Trinajstić information content (AvgIpc) is 0.790. The summed E-state index contributed by atoms with van der Waals surface area (Å²) >= 11 is 0. The van der Waals surface area contributed by atoms with E-state index in [9.17, 15) is 0 Å². The number of allylic oxidation sites excluding steroid dienone is 4. The largest absolute Gasteiger partial charge is 0.310 e. The highest BCUT2D eigenvalue weighted by molar-refractivity contribution is 5.94. The fourth-order valence-corrected chi connectivity index (χ4v) is 14.8. The number of nitrogens with zero attached hydrogens (tertiary/aromatic N) is 2. The molecule has 2 nitrogen and oxygen atoms in total. The van der Waals surface area contributed by atoms with Crippen LogP contribution in [0.15, 0.2) is 400 Å². The third kappa shape index (κ3) is 17.3. The average molecular weight is 1360 g/mol. The number of benzene rings is 14. The summed E-state index contributed by atoms with van der Waals surface area (Å²) in [5, 5.41) is 0. The Balaban J connectivity index is 0.000000170. The van der Waals surface area contributed by atoms with Crippen molar-refractivity contribution < 1.29 is 0 Å². The predicted molar refractivity (Wildman–Crippen MR) is 453 cm³/mol. The lowest BCUT2D eigenvalue weighted by molar-refractivity contribution is 0.685. The van der Waals surface area contributed by atoms with Crippen molar-refractivity contribution in [3.63, 3.8) is 0 Å². The zero-order valence-electron chi connectivity index (χ0n) is 60.0. The van der Waals surface area contributed by atoms with E-state index in [1.165, 1.54) is 139 Å². The van der Waals surface area contributed by atoms with Gasteiger partial charge in [-0.15, -0.1) is 0 Å². The van der Waals surface area contributed by atoms with E-state index in [0.29, 0.717) is 0 Å². The monoisotopic (exact) mass is 1360 g/mol. The normalized spacial score (nSPS) is 12.2. The molecule has 0 aliphatic heterocycles. The van der Waals surface area contributed by atoms with Gasteiger partial charge >= 0.3 is 0 Å². The van der Waals surface area contributed by atoms with Crippen LogP contribution in [-0.4, -0.2) is 0 Å². The lowest BCUT2D eigenvalue weighted by Crippen LogP contribution is -2.12. The minimum absolute atomic E-state index is 1.13. The molecule has 0 saturated heterocycles. The quantitative estimate of drug-likeness (QED) is 0.0554. The Hall–Kier alpha value is -12.9. The van der Waals surface area contributed by atoms with Gasteiger partial charge in [-0.2, -0.15) is 0 Å². The van der Waals surface area contributed by atoms with Crippen LogP contribution in [0.4, 0.5) is 34.1 Å². The van der Waals surface area contributed by atoms with Crippen LogP contribution in [0.2, 0.25) is 0 Å². The minimum atomic E-state index is 1.13. The first-order chi connectivity index (χ1) is 52.6. The van der Waals surface area contributed by atoms with Crippen molar-refractivity contribution in [3.05, 3.63) is 489 Å². The summed E-state index contributed by atoms with van der Waals surface area (Å²) in [6.45, 7) is 0. The number of hydrogen-bond acceptors (Lipinski definition) is 2. The zero-order valence-corrected chi connectivity index (χ0v) is 60.0. The third-order valence-electron chi connectivity index (χ3n) is 20.1. The fourth-order valence-electron chi connectivity index (χ4n) is 14.8. The van der Waals surface area contributed by atoms with E-state index in [1.54, 1.807) is 0 Å². The van der Waals surface area contributed by atoms with Crippen molar-refractivity contribution in [1.82, 2.24) is 0 Å². The summed E-state index contributed by atoms with van der Waals surface area (Å²) in [6.07, 6.45) is 27.5. The maximum absolute atomic E-state index is 2.42. The van der Waals surface area contributed by atoms with Crippen molar-refractivity contribution in [2.45, 2.75) is 51.4 Å². The number of fused-ring (bicyclic) bond motifs is 2. The first-order valence-electron chi connectivity index (χ1n) is 37.4. The summed E-state index contributed by atoms with van der Waals surface area (Å²) in [5.41, 5.74) is 31.9. The molecule has 16 rings (SSSR count). The van der Waals surface area contributed by atoms with Gasteiger partial charge in [0.05, 0.1) is 0 Å². The van der Waals surface area contributed by atoms with Gasteiger partial charge in [0.1, 0.15) is 0 Å². The van der Waals surface area contributed by atoms with Gasteiger partial charge < -0.3 is 9.80 Å². The molecule has 0 spiro atoms. The summed E-state index contributed by atoms with van der Waals surface area (Å²) in [5.74, 6) is 0. The van der Waals surface area contributed by atoms with E-state index in [-0.39, 0.29) is 0 Å². The van der Waals surface area contributed by atoms with Gasteiger partial charge in [0.15, 0.2) is 0 Å². The number of rotatable bonds is 20. The van der Waals surface area contributed by atoms with E-state index in [1.807, 2.05) is 0 Å². The molecule has 2 aliphatic rings. The van der Waals surface area contributed by atoms with Crippen LogP contribution in [0.3, 0.4) is 0 Å². The van der Waals surface area contributed by atoms with Gasteiger partial charge in [0.25, 0.3) is 0 Å². The van der Waals surface area contributed by atoms with E-state index in [4.69, 9.17) is 0 Å². The number of anilines is 6. The second-order valence-corrected chi connectivity index (χ2v) is 27.3. The van der Waals surface area contributed by atoms with Crippen LogP contribution in [0.1, 0.15) is 115 Å². The molecule has 0 aromatic heterocycles. The summed E-state index contributed by atoms with van der Waals surface area (Å²) in [4.78, 5) is 4.83. The van der Waals surface area contributed by atoms with Gasteiger partial charge in [-0.05, 0) is 248 Å². The molecular weight excluding hydrogens is 1280 g/mol. The Bertz CT molecular complexity index is 5240. The van der Waals surface area contributed by atoms with Gasteiger partial charge in [-0.25, -0.2) is 0 Å². The Morgan fingerprint density at radius 3 is 0.802 bits per heavy atom. The molecule has 2 aliphatic carbocycles. The van der Waals surface area contributed by atoms with Gasteiger partial charge in [0.2, 0.25) is 0 Å². The second kappa shape index (κ2) is 34.4. The van der Waals surface area contributed by atoms with Crippen LogP contribution in [0.5, 0.6) is 0 Å². The Labute approximate surface area is 627 Å². The summed E-state index contributed by atoms with van der Waals surface area (Å²) < 4.78 is 0. The topological polar surface area (TPSA) is 6.48 Å². The van der Waals surface area contributed by atoms with Crippen LogP contribution < -0.4 is 9.80 Å². The molecule has 106 heavy (non-hydrogen) atoms. The smallest absolute Gasteiger partial charge is 0.0467 e. The van der Waals surface area contributed by atoms with Crippen molar-refractivity contribution in [2.24, 2.45) is 0 Å². The lowest BCUT2D eigenvalue weighted by atomic mass is 9.91. The third-order valence-corrected chi connectivity index (χ3v) is 20.1. The molecule has 2 heteroatoms. The van der Waals surface area contributed by atoms with Crippen molar-refractivity contribution in [3.8, 4) is 0 Å². The molecule has 0 radical (unpaired) electrons. The molecule has 0 heterocycles. The molecule has 14 aromatic carbocycles. The Morgan fingerprint density at radius 2 is 0.462 bits per heavy atom. The number of hydrogen-bond donors (Lipinski definition) is 0. The van der Waals surface area contributed by atoms with E-state index < -0.39 is 0 Å². The van der Waals surface area contributed by atoms with E-state index in [2.05, 4.69) is 435 Å². The Kier molecular flexibility index (Phi) is 22.3. The van der Waals surface area contributed by atoms with Crippen molar-refractivity contribution >= 4 is 80.7 Å². The zero-order chi connectivity index (χ0) is 71.3. The SMILES string of the molecule is C(/C=C/c1cccc(N(c2ccc(C=C(c3ccccc3)c3ccccc3)cc2)c2ccc3c(c2)CCCC3)c1)=C(c1ccccc1)c1ccccc1.C(/C=C/c1cccc(N(c2cccc(C=C(c3ccccc3)c3ccccc3)c2)c2ccc3c(c2)CCCC3)c1)=C(c1ccccc1)c1ccccc1. The molecular formula is C104H86N2. The molecule has 0 amide bonds. The molecule has 0 unspecified atom stereocenters. The maximum atomic E-state index is 2.42. The first kappa shape index (κ1) is 68.9. The lowest BCUT2D eigenvalue weighted by Gasteiger charge is -2.28. The van der Waals surface area contributed by atoms with Crippen LogP contribution in [0.25, 0.3) is 46.6 Å². The molecule has 14 aromatic rings. The van der Waals surface area contributed by atoms with Crippen LogP contribution in [-0.2, 0) is 25.7 Å². The van der Waals surface area contributed by atoms with Crippen LogP contribution in [0, 0.1) is 0 Å². The molecule has 0 saturated carbocycles. The predicted octanol–water partition coefficient (Wildman–Crippen LogP) is 27.5. The standard InChI is InChI=1S/2C52H43N/c1-5-22-43(23-6-1)51(44-24-7-2-8-25-44)33-17-19-40-18-15-31-48(36-40)53(50-35-34-42-21-13-14-30-47(42)39-50)49-32-16-20-41(37-49)38-52(45-26-9-3-10-27-45)46-28-11-4-12-29-46;1-5-20-43(21-6-1)51(44-22-7-2-8-23-44)30-16-18-40-17-15-29-49(37-40)53(50-36-33-42-19-13-14-28-47(42)39-50)48-34-31-41(32-35-48)38-52(45-24-9-3-10-25-45)46-26-11-4-12-27-46/h1-12,15-20,22-29,31-39H,13-14,21,30H2;1-12,15-18,20-27,29-39H,13-14,19,28H2/b19-17+;18-16+. The fraction of sp³-hybridized carbons (Fsp3) is 0.0769. The summed E-state index contributed by atoms with van der Waals surface area (Å²) in [7, 11) is 0. The molecule has 0 N–H and O–H groups in total. The molecule has 512 valence electrons. The van der Waals surface area contributed by atoms with E-state index in [0.717, 1.165) is 57.8 Å². The highest BCUT2D eigenvalue weighted by atomic mass is 15.1. The highest BCUT2D eigenvalue weighted by Crippen LogP contribution is 2.41. The molecule has 0 bridgehead atoms. The van der Waals surface area contributed by atoms with E-state index >= 15 is 0 Å². The minimum Gasteiger partial charge on any atom is -0.310 e. The second-order valence-electron chi connectivity index (χ2n) is 27.3. The number of aryl methyl sites for hydroxylation is 4. The molecule has 0 fully saturated rings. The van der Waals surface area contributed by atoms with Crippen molar-refractivity contribution in [1.29, 1.82) is 0 Å². The Morgan fingerprint density at radius 1 is 0.198 bits per heavy atom. The maximum Gasteiger partial charge on any atom is 0.0467 e. The van der Waals surface area contributed by atoms with Crippen molar-refractivity contribution in [2.75, 3.05) is 9.80 Å². The molecule has 0 atom stereocenters. The van der Waals surface area contributed by atoms with Gasteiger partial charge in [0, 0.05) is 34.1 Å². The van der Waals surface area contributed by atoms with Crippen LogP contribution >= 0.6 is 0 Å². The van der Waals surface area contributed by atoms with Gasteiger partial charge in [-0.1, -0.05) is 340 Å². The summed E-state index contributed by atoms with van der Waals surface area (Å²) in [6, 6.07) is 135.